The standard InChI is InChI=1S/C15H24N2O2/c1-15(2,11-17-8-6-16-7-9-17)12-4-5-13(18)14(10-12)19-3/h4-5,10,16,18H,6-9,11H2,1-3H3. The van der Waals surface area contributed by atoms with Gasteiger partial charge >= 0.3 is 0 Å². The molecule has 1 aliphatic rings. The smallest absolute Gasteiger partial charge is 0.160 e. The van der Waals surface area contributed by atoms with Gasteiger partial charge in [0.2, 0.25) is 0 Å². The molecule has 19 heavy (non-hydrogen) atoms. The van der Waals surface area contributed by atoms with Gasteiger partial charge in [0.25, 0.3) is 0 Å². The van der Waals surface area contributed by atoms with Gasteiger partial charge in [0, 0.05) is 38.1 Å². The number of hydrogen-bond acceptors (Lipinski definition) is 4. The van der Waals surface area contributed by atoms with Crippen LogP contribution >= 0.6 is 0 Å². The molecule has 2 rings (SSSR count). The molecule has 1 aromatic carbocycles. The van der Waals surface area contributed by atoms with Gasteiger partial charge in [-0.1, -0.05) is 19.9 Å². The molecule has 0 aliphatic carbocycles. The van der Waals surface area contributed by atoms with Crippen LogP contribution in [0.1, 0.15) is 19.4 Å². The lowest BCUT2D eigenvalue weighted by molar-refractivity contribution is 0.199. The SMILES string of the molecule is COc1cc(C(C)(C)CN2CCNCC2)ccc1O. The van der Waals surface area contributed by atoms with Gasteiger partial charge in [0.05, 0.1) is 7.11 Å². The number of benzene rings is 1. The van der Waals surface area contributed by atoms with E-state index in [1.54, 1.807) is 13.2 Å². The Bertz CT molecular complexity index is 426. The van der Waals surface area contributed by atoms with Crippen LogP contribution in [0.4, 0.5) is 0 Å². The number of nitrogens with zero attached hydrogens (tertiary/aromatic N) is 1. The minimum Gasteiger partial charge on any atom is -0.504 e. The summed E-state index contributed by atoms with van der Waals surface area (Å²) in [6.07, 6.45) is 0. The first-order chi connectivity index (χ1) is 9.03. The van der Waals surface area contributed by atoms with Crippen molar-refractivity contribution in [2.75, 3.05) is 39.8 Å². The van der Waals surface area contributed by atoms with Crippen molar-refractivity contribution in [2.24, 2.45) is 0 Å². The van der Waals surface area contributed by atoms with Crippen LogP contribution in [0.2, 0.25) is 0 Å². The van der Waals surface area contributed by atoms with Crippen LogP contribution in [0.5, 0.6) is 11.5 Å². The first-order valence-corrected chi connectivity index (χ1v) is 6.83. The maximum Gasteiger partial charge on any atom is 0.160 e. The minimum absolute atomic E-state index is 0.0400. The molecule has 0 radical (unpaired) electrons. The van der Waals surface area contributed by atoms with Gasteiger partial charge in [-0.15, -0.1) is 0 Å². The molecule has 1 aliphatic heterocycles. The largest absolute Gasteiger partial charge is 0.504 e. The van der Waals surface area contributed by atoms with Crippen molar-refractivity contribution in [3.8, 4) is 11.5 Å². The molecule has 0 atom stereocenters. The Balaban J connectivity index is 2.13. The molecule has 0 aromatic heterocycles. The molecule has 0 amide bonds. The highest BCUT2D eigenvalue weighted by Gasteiger charge is 2.25. The van der Waals surface area contributed by atoms with Gasteiger partial charge in [-0.05, 0) is 17.7 Å². The molecular weight excluding hydrogens is 240 g/mol. The van der Waals surface area contributed by atoms with E-state index in [9.17, 15) is 5.11 Å². The normalized spacial score (nSPS) is 17.4. The molecular formula is C15H24N2O2. The summed E-state index contributed by atoms with van der Waals surface area (Å²) < 4.78 is 5.20. The summed E-state index contributed by atoms with van der Waals surface area (Å²) in [5, 5.41) is 13.0. The molecule has 0 bridgehead atoms. The van der Waals surface area contributed by atoms with Crippen LogP contribution in [0.25, 0.3) is 0 Å². The predicted molar refractivity (Wildman–Crippen MR) is 77.0 cm³/mol. The van der Waals surface area contributed by atoms with Crippen molar-refractivity contribution in [3.05, 3.63) is 23.8 Å². The number of rotatable bonds is 4. The quantitative estimate of drug-likeness (QED) is 0.867. The number of hydrogen-bond donors (Lipinski definition) is 2. The Morgan fingerprint density at radius 2 is 2.00 bits per heavy atom. The number of phenols is 1. The first kappa shape index (κ1) is 14.2. The summed E-state index contributed by atoms with van der Waals surface area (Å²) in [4.78, 5) is 2.48. The molecule has 1 saturated heterocycles. The number of ether oxygens (including phenoxy) is 1. The Morgan fingerprint density at radius 1 is 1.32 bits per heavy atom. The zero-order valence-electron chi connectivity index (χ0n) is 12.1. The Kier molecular flexibility index (Phi) is 4.32. The third-order valence-electron chi connectivity index (χ3n) is 3.79. The Labute approximate surface area is 115 Å². The average molecular weight is 264 g/mol. The molecule has 2 N–H and O–H groups in total. The zero-order valence-corrected chi connectivity index (χ0v) is 12.1. The van der Waals surface area contributed by atoms with Crippen molar-refractivity contribution < 1.29 is 9.84 Å². The van der Waals surface area contributed by atoms with Gasteiger partial charge in [-0.2, -0.15) is 0 Å². The van der Waals surface area contributed by atoms with Crippen LogP contribution in [0.3, 0.4) is 0 Å². The molecule has 106 valence electrons. The maximum absolute atomic E-state index is 9.68. The summed E-state index contributed by atoms with van der Waals surface area (Å²) in [7, 11) is 1.59. The average Bonchev–Trinajstić information content (AvgIpc) is 2.39. The molecule has 1 aromatic rings. The van der Waals surface area contributed by atoms with Gasteiger partial charge in [-0.3, -0.25) is 4.90 Å². The lowest BCUT2D eigenvalue weighted by Crippen LogP contribution is -2.47. The van der Waals surface area contributed by atoms with Crippen LogP contribution in [-0.2, 0) is 5.41 Å². The van der Waals surface area contributed by atoms with E-state index in [0.717, 1.165) is 32.7 Å². The predicted octanol–water partition coefficient (Wildman–Crippen LogP) is 1.58. The topological polar surface area (TPSA) is 44.7 Å². The second kappa shape index (κ2) is 5.80. The summed E-state index contributed by atoms with van der Waals surface area (Å²) >= 11 is 0. The Morgan fingerprint density at radius 3 is 2.63 bits per heavy atom. The second-order valence-electron chi connectivity index (χ2n) is 5.80. The fourth-order valence-electron chi connectivity index (χ4n) is 2.62. The van der Waals surface area contributed by atoms with Crippen molar-refractivity contribution in [1.29, 1.82) is 0 Å². The van der Waals surface area contributed by atoms with E-state index < -0.39 is 0 Å². The van der Waals surface area contributed by atoms with E-state index >= 15 is 0 Å². The highest BCUT2D eigenvalue weighted by Crippen LogP contribution is 2.32. The van der Waals surface area contributed by atoms with E-state index in [-0.39, 0.29) is 11.2 Å². The third-order valence-corrected chi connectivity index (χ3v) is 3.79. The number of phenolic OH excluding ortho intramolecular Hbond substituents is 1. The molecule has 0 unspecified atom stereocenters. The van der Waals surface area contributed by atoms with Gasteiger partial charge in [0.1, 0.15) is 0 Å². The lowest BCUT2D eigenvalue weighted by atomic mass is 9.83. The van der Waals surface area contributed by atoms with E-state index in [4.69, 9.17) is 4.74 Å². The van der Waals surface area contributed by atoms with E-state index in [1.165, 1.54) is 5.56 Å². The van der Waals surface area contributed by atoms with E-state index in [1.807, 2.05) is 12.1 Å². The molecule has 1 heterocycles. The van der Waals surface area contributed by atoms with Gasteiger partial charge in [0.15, 0.2) is 11.5 Å². The highest BCUT2D eigenvalue weighted by atomic mass is 16.5. The fourth-order valence-corrected chi connectivity index (χ4v) is 2.62. The molecule has 1 fully saturated rings. The minimum atomic E-state index is 0.0400. The van der Waals surface area contributed by atoms with Crippen molar-refractivity contribution >= 4 is 0 Å². The van der Waals surface area contributed by atoms with Gasteiger partial charge in [-0.25, -0.2) is 0 Å². The van der Waals surface area contributed by atoms with Gasteiger partial charge < -0.3 is 15.2 Å². The molecule has 0 spiro atoms. The molecule has 4 heteroatoms. The summed E-state index contributed by atoms with van der Waals surface area (Å²) in [6, 6.07) is 5.64. The van der Waals surface area contributed by atoms with Crippen molar-refractivity contribution in [2.45, 2.75) is 19.3 Å². The summed E-state index contributed by atoms with van der Waals surface area (Å²) in [5.74, 6) is 0.745. The molecule has 4 nitrogen and oxygen atoms in total. The second-order valence-corrected chi connectivity index (χ2v) is 5.80. The van der Waals surface area contributed by atoms with E-state index in [0.29, 0.717) is 5.75 Å². The number of aromatic hydroxyl groups is 1. The third kappa shape index (κ3) is 3.39. The summed E-state index contributed by atoms with van der Waals surface area (Å²) in [6.45, 7) is 9.81. The van der Waals surface area contributed by atoms with E-state index in [2.05, 4.69) is 24.1 Å². The summed E-state index contributed by atoms with van der Waals surface area (Å²) in [5.41, 5.74) is 1.24. The molecule has 0 saturated carbocycles. The fraction of sp³-hybridized carbons (Fsp3) is 0.600. The van der Waals surface area contributed by atoms with Crippen LogP contribution < -0.4 is 10.1 Å². The highest BCUT2D eigenvalue weighted by molar-refractivity contribution is 5.44. The van der Waals surface area contributed by atoms with Crippen LogP contribution in [0, 0.1) is 0 Å². The number of piperazine rings is 1. The van der Waals surface area contributed by atoms with Crippen LogP contribution in [0.15, 0.2) is 18.2 Å². The zero-order chi connectivity index (χ0) is 13.9. The van der Waals surface area contributed by atoms with Crippen LogP contribution in [-0.4, -0.2) is 49.8 Å². The lowest BCUT2D eigenvalue weighted by Gasteiger charge is -2.35. The van der Waals surface area contributed by atoms with Crippen molar-refractivity contribution in [3.63, 3.8) is 0 Å². The maximum atomic E-state index is 9.68. The number of nitrogens with one attached hydrogen (secondary N) is 1. The monoisotopic (exact) mass is 264 g/mol. The number of methoxy groups -OCH3 is 1. The first-order valence-electron chi connectivity index (χ1n) is 6.83. The van der Waals surface area contributed by atoms with Crippen molar-refractivity contribution in [1.82, 2.24) is 10.2 Å². The Hall–Kier alpha value is -1.26.